The van der Waals surface area contributed by atoms with Gasteiger partial charge in [-0.25, -0.2) is 4.39 Å². The molecule has 0 amide bonds. The summed E-state index contributed by atoms with van der Waals surface area (Å²) in [6, 6.07) is 0.467. The Hall–Kier alpha value is -0.666. The zero-order valence-corrected chi connectivity index (χ0v) is 24.5. The Morgan fingerprint density at radius 1 is 0.744 bits per heavy atom. The second kappa shape index (κ2) is 18.0. The lowest BCUT2D eigenvalue weighted by atomic mass is 10.1. The number of alkyl halides is 7. The molecule has 0 saturated heterocycles. The largest absolute Gasteiger partial charge is 0.486 e. The molecule has 0 fully saturated rings. The molecule has 0 aliphatic heterocycles. The SMILES string of the molecule is CCCCCCCC[Si](C)(O)O[Si](O)(O)CCCNCCNCCNC/C=C(\F)C(F)(F)C(F)(F)C(F)(F)F. The highest BCUT2D eigenvalue weighted by Gasteiger charge is 2.74. The van der Waals surface area contributed by atoms with Crippen LogP contribution < -0.4 is 16.0 Å². The van der Waals surface area contributed by atoms with Crippen molar-refractivity contribution < 1.29 is 53.6 Å². The van der Waals surface area contributed by atoms with Gasteiger partial charge in [-0.2, -0.15) is 30.7 Å². The van der Waals surface area contributed by atoms with E-state index in [0.717, 1.165) is 32.1 Å². The van der Waals surface area contributed by atoms with Gasteiger partial charge >= 0.3 is 35.4 Å². The fourth-order valence-corrected chi connectivity index (χ4v) is 8.63. The average molecular weight is 622 g/mol. The molecule has 1 atom stereocenters. The van der Waals surface area contributed by atoms with E-state index in [1.807, 2.05) is 0 Å². The van der Waals surface area contributed by atoms with Gasteiger partial charge in [-0.1, -0.05) is 45.4 Å². The summed E-state index contributed by atoms with van der Waals surface area (Å²) in [4.78, 5) is 30.8. The Kier molecular flexibility index (Phi) is 17.7. The monoisotopic (exact) mass is 621 g/mol. The van der Waals surface area contributed by atoms with Gasteiger partial charge in [0.25, 0.3) is 0 Å². The number of hydrogen-bond donors (Lipinski definition) is 6. The van der Waals surface area contributed by atoms with Gasteiger partial charge in [-0.15, -0.1) is 0 Å². The van der Waals surface area contributed by atoms with E-state index in [2.05, 4.69) is 22.9 Å². The van der Waals surface area contributed by atoms with Crippen LogP contribution in [0.25, 0.3) is 0 Å². The summed E-state index contributed by atoms with van der Waals surface area (Å²) in [5.74, 6) is -15.4. The summed E-state index contributed by atoms with van der Waals surface area (Å²) >= 11 is 0. The van der Waals surface area contributed by atoms with Crippen LogP contribution in [0.2, 0.25) is 18.6 Å². The highest BCUT2D eigenvalue weighted by atomic mass is 28.5. The number of rotatable bonds is 23. The van der Waals surface area contributed by atoms with Crippen molar-refractivity contribution in [1.29, 1.82) is 0 Å². The summed E-state index contributed by atoms with van der Waals surface area (Å²) in [6.07, 6.45) is 0.0236. The zero-order chi connectivity index (χ0) is 30.2. The molecule has 0 radical (unpaired) electrons. The van der Waals surface area contributed by atoms with Crippen molar-refractivity contribution in [1.82, 2.24) is 16.0 Å². The molecule has 0 aromatic carbocycles. The maximum absolute atomic E-state index is 13.3. The summed E-state index contributed by atoms with van der Waals surface area (Å²) in [7, 11) is -7.14. The van der Waals surface area contributed by atoms with Gasteiger partial charge in [0.2, 0.25) is 0 Å². The van der Waals surface area contributed by atoms with Gasteiger partial charge in [-0.3, -0.25) is 0 Å². The third kappa shape index (κ3) is 15.8. The van der Waals surface area contributed by atoms with E-state index in [1.165, 1.54) is 6.42 Å². The molecule has 17 heteroatoms. The molecule has 0 saturated carbocycles. The van der Waals surface area contributed by atoms with Gasteiger partial charge in [-0.05, 0) is 31.6 Å². The smallest absolute Gasteiger partial charge is 0.411 e. The lowest BCUT2D eigenvalue weighted by Crippen LogP contribution is -2.52. The fraction of sp³-hybridized carbons (Fsp3) is 0.909. The van der Waals surface area contributed by atoms with Crippen molar-refractivity contribution in [3.8, 4) is 0 Å². The fourth-order valence-electron chi connectivity index (χ4n) is 3.45. The van der Waals surface area contributed by atoms with E-state index < -0.39 is 47.8 Å². The molecule has 1 unspecified atom stereocenters. The molecule has 6 N–H and O–H groups in total. The molecular formula is C22H43F8N3O4Si2. The predicted molar refractivity (Wildman–Crippen MR) is 136 cm³/mol. The third-order valence-corrected chi connectivity index (χ3v) is 11.0. The molecule has 234 valence electrons. The van der Waals surface area contributed by atoms with Crippen LogP contribution in [0.5, 0.6) is 0 Å². The maximum atomic E-state index is 13.3. The number of nitrogens with one attached hydrogen (secondary N) is 3. The van der Waals surface area contributed by atoms with Crippen LogP contribution in [0.4, 0.5) is 35.1 Å². The van der Waals surface area contributed by atoms with Crippen molar-refractivity contribution in [3.63, 3.8) is 0 Å². The Balaban J connectivity index is 3.96. The van der Waals surface area contributed by atoms with Gasteiger partial charge < -0.3 is 34.5 Å². The molecule has 0 aromatic heterocycles. The van der Waals surface area contributed by atoms with E-state index in [4.69, 9.17) is 4.12 Å². The summed E-state index contributed by atoms with van der Waals surface area (Å²) < 4.78 is 107. The van der Waals surface area contributed by atoms with Crippen molar-refractivity contribution >= 4 is 17.4 Å². The van der Waals surface area contributed by atoms with Gasteiger partial charge in [0.15, 0.2) is 5.83 Å². The molecule has 0 aliphatic carbocycles. The normalized spacial score (nSPS) is 15.6. The molecule has 0 heterocycles. The molecule has 39 heavy (non-hydrogen) atoms. The highest BCUT2D eigenvalue weighted by Crippen LogP contribution is 2.49. The first-order valence-electron chi connectivity index (χ1n) is 13.1. The molecule has 0 bridgehead atoms. The highest BCUT2D eigenvalue weighted by molar-refractivity contribution is 6.75. The Bertz CT molecular complexity index is 703. The van der Waals surface area contributed by atoms with Crippen LogP contribution in [0, 0.1) is 0 Å². The topological polar surface area (TPSA) is 106 Å². The molecule has 0 spiro atoms. The minimum Gasteiger partial charge on any atom is -0.411 e. The lowest BCUT2D eigenvalue weighted by molar-refractivity contribution is -0.347. The average Bonchev–Trinajstić information content (AvgIpc) is 2.80. The Labute approximate surface area is 227 Å². The van der Waals surface area contributed by atoms with Crippen LogP contribution >= 0.6 is 0 Å². The molecular weight excluding hydrogens is 578 g/mol. The van der Waals surface area contributed by atoms with Crippen molar-refractivity contribution in [2.45, 2.75) is 88.5 Å². The number of hydrogen-bond acceptors (Lipinski definition) is 7. The first kappa shape index (κ1) is 38.3. The second-order valence-electron chi connectivity index (χ2n) is 9.54. The van der Waals surface area contributed by atoms with Crippen LogP contribution in [0.1, 0.15) is 51.9 Å². The van der Waals surface area contributed by atoms with E-state index in [1.54, 1.807) is 6.55 Å². The van der Waals surface area contributed by atoms with Gasteiger partial charge in [0.05, 0.1) is 0 Å². The minimum atomic E-state index is -6.60. The van der Waals surface area contributed by atoms with Crippen LogP contribution in [-0.4, -0.2) is 89.0 Å². The summed E-state index contributed by atoms with van der Waals surface area (Å²) in [6.45, 7) is 4.73. The van der Waals surface area contributed by atoms with E-state index in [-0.39, 0.29) is 25.2 Å². The maximum Gasteiger partial charge on any atom is 0.486 e. The Morgan fingerprint density at radius 3 is 1.82 bits per heavy atom. The summed E-state index contributed by atoms with van der Waals surface area (Å²) in [5, 5.41) is 8.38. The van der Waals surface area contributed by atoms with Crippen LogP contribution in [0.15, 0.2) is 11.9 Å². The molecule has 0 rings (SSSR count). The van der Waals surface area contributed by atoms with E-state index >= 15 is 0 Å². The van der Waals surface area contributed by atoms with Crippen LogP contribution in [-0.2, 0) is 4.12 Å². The molecule has 0 aliphatic rings. The van der Waals surface area contributed by atoms with E-state index in [0.29, 0.717) is 32.1 Å². The van der Waals surface area contributed by atoms with E-state index in [9.17, 15) is 49.5 Å². The Morgan fingerprint density at radius 2 is 1.26 bits per heavy atom. The zero-order valence-electron chi connectivity index (χ0n) is 22.5. The van der Waals surface area contributed by atoms with Crippen LogP contribution in [0.3, 0.4) is 0 Å². The second-order valence-corrected chi connectivity index (χ2v) is 15.2. The first-order valence-corrected chi connectivity index (χ1v) is 17.6. The lowest BCUT2D eigenvalue weighted by Gasteiger charge is -2.28. The first-order chi connectivity index (χ1) is 17.9. The summed E-state index contributed by atoms with van der Waals surface area (Å²) in [5.41, 5.74) is 0. The molecule has 0 aromatic rings. The minimum absolute atomic E-state index is 0.0228. The predicted octanol–water partition coefficient (Wildman–Crippen LogP) is 4.20. The van der Waals surface area contributed by atoms with Gasteiger partial charge in [0.1, 0.15) is 0 Å². The third-order valence-electron chi connectivity index (χ3n) is 5.67. The quantitative estimate of drug-likeness (QED) is 0.0578. The number of allylic oxidation sites excluding steroid dienone is 1. The van der Waals surface area contributed by atoms with Crippen molar-refractivity contribution in [2.75, 3.05) is 39.3 Å². The van der Waals surface area contributed by atoms with Gasteiger partial charge in [0, 0.05) is 38.8 Å². The number of halogens is 8. The number of unbranched alkanes of at least 4 members (excludes halogenated alkanes) is 5. The molecule has 7 nitrogen and oxygen atoms in total. The standard InChI is InChI=1S/C22H43F8N3O4Si2/c1-3-4-5-6-7-8-17-38(2,34)37-39(35,36)18-9-11-31-13-15-33-16-14-32-12-10-19(23)20(24,25)21(26,27)22(28,29)30/h10,31-36H,3-9,11-18H2,1-2H3/b19-10-. The van der Waals surface area contributed by atoms with Crippen molar-refractivity contribution in [2.24, 2.45) is 0 Å². The van der Waals surface area contributed by atoms with Crippen molar-refractivity contribution in [3.05, 3.63) is 11.9 Å².